The maximum Gasteiger partial charge on any atom is 0.287 e. The summed E-state index contributed by atoms with van der Waals surface area (Å²) in [4.78, 5) is 36.6. The molecular weight excluding hydrogens is 381 g/mol. The van der Waals surface area contributed by atoms with Gasteiger partial charge in [-0.1, -0.05) is 19.1 Å². The molecule has 1 amide bonds. The molecule has 3 rings (SSSR count). The van der Waals surface area contributed by atoms with E-state index in [1.165, 1.54) is 18.2 Å². The number of nitrogens with one attached hydrogen (secondary N) is 1. The Labute approximate surface area is 164 Å². The lowest BCUT2D eigenvalue weighted by Crippen LogP contribution is -2.25. The molecule has 0 aliphatic carbocycles. The standard InChI is InChI=1S/C21H18FNO6/c1-2-9-23-21(27)17-11-15(24)18(25)20(29-17)19(26)16-8-7-14(28-16)10-12-3-5-13(22)6-4-12/h3-8,11,25H,2,9-10H2,1H3,(H,23,27). The first-order valence-electron chi connectivity index (χ1n) is 8.92. The topological polar surface area (TPSA) is 110 Å². The number of aromatic hydroxyl groups is 1. The third kappa shape index (κ3) is 4.60. The van der Waals surface area contributed by atoms with Crippen molar-refractivity contribution < 1.29 is 27.9 Å². The van der Waals surface area contributed by atoms with E-state index in [1.54, 1.807) is 18.2 Å². The molecule has 3 aromatic rings. The van der Waals surface area contributed by atoms with Crippen molar-refractivity contribution in [2.75, 3.05) is 6.54 Å². The summed E-state index contributed by atoms with van der Waals surface area (Å²) in [6.07, 6.45) is 0.978. The summed E-state index contributed by atoms with van der Waals surface area (Å²) in [5.41, 5.74) is -0.150. The molecule has 8 heteroatoms. The molecule has 0 bridgehead atoms. The first-order chi connectivity index (χ1) is 13.9. The number of amides is 1. The fraction of sp³-hybridized carbons (Fsp3) is 0.190. The van der Waals surface area contributed by atoms with Gasteiger partial charge in [0.15, 0.2) is 11.5 Å². The minimum absolute atomic E-state index is 0.174. The number of carbonyl (C=O) groups is 2. The maximum atomic E-state index is 13.0. The number of rotatable bonds is 7. The van der Waals surface area contributed by atoms with Crippen LogP contribution in [-0.4, -0.2) is 23.3 Å². The van der Waals surface area contributed by atoms with Gasteiger partial charge in [0.25, 0.3) is 11.7 Å². The van der Waals surface area contributed by atoms with Gasteiger partial charge in [0.05, 0.1) is 0 Å². The molecule has 0 saturated carbocycles. The van der Waals surface area contributed by atoms with Crippen molar-refractivity contribution in [3.8, 4) is 5.75 Å². The summed E-state index contributed by atoms with van der Waals surface area (Å²) in [6.45, 7) is 2.21. The number of hydrogen-bond acceptors (Lipinski definition) is 6. The Morgan fingerprint density at radius 3 is 2.48 bits per heavy atom. The van der Waals surface area contributed by atoms with Gasteiger partial charge in [-0.05, 0) is 36.2 Å². The van der Waals surface area contributed by atoms with E-state index in [1.807, 2.05) is 6.92 Å². The molecule has 2 aromatic heterocycles. The minimum Gasteiger partial charge on any atom is -0.501 e. The van der Waals surface area contributed by atoms with Gasteiger partial charge < -0.3 is 19.3 Å². The Kier molecular flexibility index (Phi) is 5.92. The van der Waals surface area contributed by atoms with Crippen molar-refractivity contribution >= 4 is 11.7 Å². The number of benzene rings is 1. The largest absolute Gasteiger partial charge is 0.501 e. The van der Waals surface area contributed by atoms with Gasteiger partial charge in [0.2, 0.25) is 16.9 Å². The molecule has 0 radical (unpaired) electrons. The van der Waals surface area contributed by atoms with E-state index in [4.69, 9.17) is 8.83 Å². The van der Waals surface area contributed by atoms with Crippen molar-refractivity contribution in [3.63, 3.8) is 0 Å². The molecule has 2 N–H and O–H groups in total. The quantitative estimate of drug-likeness (QED) is 0.591. The third-order valence-corrected chi connectivity index (χ3v) is 4.07. The van der Waals surface area contributed by atoms with Crippen LogP contribution in [0.3, 0.4) is 0 Å². The van der Waals surface area contributed by atoms with Crippen LogP contribution in [0.25, 0.3) is 0 Å². The molecule has 0 atom stereocenters. The maximum absolute atomic E-state index is 13.0. The van der Waals surface area contributed by atoms with Gasteiger partial charge in [-0.15, -0.1) is 0 Å². The number of carbonyl (C=O) groups excluding carboxylic acids is 2. The first kappa shape index (κ1) is 20.1. The van der Waals surface area contributed by atoms with Crippen molar-refractivity contribution in [1.29, 1.82) is 0 Å². The van der Waals surface area contributed by atoms with Crippen LogP contribution in [0.2, 0.25) is 0 Å². The van der Waals surface area contributed by atoms with E-state index in [0.717, 1.165) is 11.6 Å². The van der Waals surface area contributed by atoms with Crippen LogP contribution in [0.4, 0.5) is 4.39 Å². The minimum atomic E-state index is -0.917. The number of hydrogen-bond donors (Lipinski definition) is 2. The van der Waals surface area contributed by atoms with Crippen LogP contribution in [0.15, 0.2) is 56.1 Å². The Balaban J connectivity index is 1.85. The van der Waals surface area contributed by atoms with Crippen LogP contribution in [-0.2, 0) is 6.42 Å². The van der Waals surface area contributed by atoms with E-state index >= 15 is 0 Å². The lowest BCUT2D eigenvalue weighted by Gasteiger charge is -2.05. The van der Waals surface area contributed by atoms with E-state index in [0.29, 0.717) is 25.1 Å². The number of ketones is 1. The molecule has 0 aliphatic heterocycles. The first-order valence-corrected chi connectivity index (χ1v) is 8.92. The zero-order valence-electron chi connectivity index (χ0n) is 15.5. The van der Waals surface area contributed by atoms with Crippen molar-refractivity contribution in [3.05, 3.63) is 87.1 Å². The monoisotopic (exact) mass is 399 g/mol. The molecule has 0 aliphatic rings. The normalized spacial score (nSPS) is 10.7. The summed E-state index contributed by atoms with van der Waals surface area (Å²) >= 11 is 0. The molecule has 29 heavy (non-hydrogen) atoms. The van der Waals surface area contributed by atoms with Crippen molar-refractivity contribution in [2.24, 2.45) is 0 Å². The lowest BCUT2D eigenvalue weighted by atomic mass is 10.1. The molecule has 0 unspecified atom stereocenters. The predicted molar refractivity (Wildman–Crippen MR) is 101 cm³/mol. The molecule has 1 aromatic carbocycles. The van der Waals surface area contributed by atoms with Crippen LogP contribution >= 0.6 is 0 Å². The van der Waals surface area contributed by atoms with E-state index in [2.05, 4.69) is 5.32 Å². The van der Waals surface area contributed by atoms with Crippen molar-refractivity contribution in [1.82, 2.24) is 5.32 Å². The van der Waals surface area contributed by atoms with E-state index in [-0.39, 0.29) is 17.3 Å². The summed E-state index contributed by atoms with van der Waals surface area (Å²) < 4.78 is 23.7. The van der Waals surface area contributed by atoms with E-state index in [9.17, 15) is 23.9 Å². The van der Waals surface area contributed by atoms with Gasteiger partial charge >= 0.3 is 0 Å². The Hall–Kier alpha value is -3.68. The predicted octanol–water partition coefficient (Wildman–Crippen LogP) is 3.04. The highest BCUT2D eigenvalue weighted by molar-refractivity contribution is 6.07. The Morgan fingerprint density at radius 2 is 1.79 bits per heavy atom. The molecule has 0 fully saturated rings. The second kappa shape index (κ2) is 8.55. The van der Waals surface area contributed by atoms with Gasteiger partial charge in [-0.3, -0.25) is 14.4 Å². The molecule has 0 spiro atoms. The van der Waals surface area contributed by atoms with Crippen LogP contribution < -0.4 is 10.7 Å². The number of furan rings is 1. The van der Waals surface area contributed by atoms with Gasteiger partial charge in [0.1, 0.15) is 11.6 Å². The lowest BCUT2D eigenvalue weighted by molar-refractivity contribution is 0.0909. The fourth-order valence-electron chi connectivity index (χ4n) is 2.59. The van der Waals surface area contributed by atoms with Crippen LogP contribution in [0.1, 0.15) is 51.5 Å². The van der Waals surface area contributed by atoms with Gasteiger partial charge in [-0.25, -0.2) is 4.39 Å². The summed E-state index contributed by atoms with van der Waals surface area (Å²) in [6, 6.07) is 9.52. The van der Waals surface area contributed by atoms with E-state index < -0.39 is 28.6 Å². The second-order valence-corrected chi connectivity index (χ2v) is 6.31. The summed E-state index contributed by atoms with van der Waals surface area (Å²) in [5, 5.41) is 12.5. The molecular formula is C21H18FNO6. The second-order valence-electron chi connectivity index (χ2n) is 6.31. The summed E-state index contributed by atoms with van der Waals surface area (Å²) in [5.74, 6) is -3.64. The van der Waals surface area contributed by atoms with Crippen LogP contribution in [0.5, 0.6) is 5.75 Å². The van der Waals surface area contributed by atoms with Crippen molar-refractivity contribution in [2.45, 2.75) is 19.8 Å². The molecule has 150 valence electrons. The SMILES string of the molecule is CCCNC(=O)c1cc(=O)c(O)c(C(=O)c2ccc(Cc3ccc(F)cc3)o2)o1. The van der Waals surface area contributed by atoms with Crippen LogP contribution in [0, 0.1) is 5.82 Å². The molecule has 7 nitrogen and oxygen atoms in total. The molecule has 0 saturated heterocycles. The zero-order valence-corrected chi connectivity index (χ0v) is 15.5. The average Bonchev–Trinajstić information content (AvgIpc) is 3.17. The average molecular weight is 399 g/mol. The summed E-state index contributed by atoms with van der Waals surface area (Å²) in [7, 11) is 0. The molecule has 2 heterocycles. The fourth-order valence-corrected chi connectivity index (χ4v) is 2.59. The highest BCUT2D eigenvalue weighted by atomic mass is 19.1. The highest BCUT2D eigenvalue weighted by Gasteiger charge is 2.25. The third-order valence-electron chi connectivity index (χ3n) is 4.07. The zero-order chi connectivity index (χ0) is 21.0. The highest BCUT2D eigenvalue weighted by Crippen LogP contribution is 2.21. The Morgan fingerprint density at radius 1 is 1.07 bits per heavy atom. The number of halogens is 1. The Bertz CT molecular complexity index is 1100. The van der Waals surface area contributed by atoms with Gasteiger partial charge in [-0.2, -0.15) is 0 Å². The van der Waals surface area contributed by atoms with Gasteiger partial charge in [0, 0.05) is 19.0 Å². The smallest absolute Gasteiger partial charge is 0.287 e.